The number of aromatic nitrogens is 4. The van der Waals surface area contributed by atoms with Crippen LogP contribution in [-0.4, -0.2) is 41.8 Å². The lowest BCUT2D eigenvalue weighted by Crippen LogP contribution is -2.12. The second-order valence-electron chi connectivity index (χ2n) is 14.1. The van der Waals surface area contributed by atoms with Crippen molar-refractivity contribution in [3.63, 3.8) is 0 Å². The van der Waals surface area contributed by atoms with Crippen LogP contribution in [0.1, 0.15) is 88.8 Å². The smallest absolute Gasteiger partial charge is 0.267 e. The maximum atomic E-state index is 14.3. The van der Waals surface area contributed by atoms with Crippen molar-refractivity contribution in [2.75, 3.05) is 23.0 Å². The first-order valence-electron chi connectivity index (χ1n) is 18.8. The summed E-state index contributed by atoms with van der Waals surface area (Å²) in [6.45, 7) is 9.16. The van der Waals surface area contributed by atoms with Crippen LogP contribution in [-0.2, 0) is 12.8 Å². The standard InChI is InChI=1S/C40H46N4O2S5/c1-5-9-11-23(7-3)21-47-17-15-25-19-29-37(49-25)41-35-27-13-14-28-32-31(27)33(39(45)43(29)35)51-34(32)40(46)44-30-20-26(50-38(30)42-36(28)44)16-18-48-22-24(8-4)12-10-6-2/h13-14,19-20,23-24H,5-12,15-18,21-22H2,1-4H3. The number of imidazole rings is 2. The van der Waals surface area contributed by atoms with Crippen LogP contribution in [0, 0.1) is 11.8 Å². The van der Waals surface area contributed by atoms with Crippen LogP contribution < -0.4 is 11.1 Å². The highest BCUT2D eigenvalue weighted by atomic mass is 32.2. The summed E-state index contributed by atoms with van der Waals surface area (Å²) in [5.41, 5.74) is 3.00. The Morgan fingerprint density at radius 3 is 1.53 bits per heavy atom. The minimum atomic E-state index is -0.0772. The summed E-state index contributed by atoms with van der Waals surface area (Å²) in [6, 6.07) is 8.52. The average Bonchev–Trinajstić information content (AvgIpc) is 3.95. The van der Waals surface area contributed by atoms with Crippen molar-refractivity contribution >= 4 is 120 Å². The van der Waals surface area contributed by atoms with Crippen LogP contribution in [0.4, 0.5) is 0 Å². The fourth-order valence-corrected chi connectivity index (χ4v) is 13.7. The Hall–Kier alpha value is -2.44. The van der Waals surface area contributed by atoms with Gasteiger partial charge in [0.2, 0.25) is 0 Å². The van der Waals surface area contributed by atoms with Crippen LogP contribution in [0.2, 0.25) is 0 Å². The summed E-state index contributed by atoms with van der Waals surface area (Å²) < 4.78 is 4.86. The number of rotatable bonds is 18. The number of benzene rings is 1. The van der Waals surface area contributed by atoms with Gasteiger partial charge in [-0.3, -0.25) is 18.4 Å². The maximum Gasteiger partial charge on any atom is 0.274 e. The molecule has 0 N–H and O–H groups in total. The van der Waals surface area contributed by atoms with E-state index in [2.05, 4.69) is 75.5 Å². The highest BCUT2D eigenvalue weighted by Gasteiger charge is 2.26. The maximum absolute atomic E-state index is 14.3. The van der Waals surface area contributed by atoms with Gasteiger partial charge < -0.3 is 0 Å². The highest BCUT2D eigenvalue weighted by molar-refractivity contribution is 7.99. The van der Waals surface area contributed by atoms with E-state index in [-0.39, 0.29) is 11.1 Å². The topological polar surface area (TPSA) is 68.7 Å². The Kier molecular flexibility index (Phi) is 10.6. The largest absolute Gasteiger partial charge is 0.274 e. The van der Waals surface area contributed by atoms with Crippen LogP contribution in [0.5, 0.6) is 0 Å². The number of fused-ring (bicyclic) bond motifs is 8. The summed E-state index contributed by atoms with van der Waals surface area (Å²) in [5.74, 6) is 6.22. The van der Waals surface area contributed by atoms with Crippen molar-refractivity contribution in [2.24, 2.45) is 11.8 Å². The Balaban J connectivity index is 1.10. The summed E-state index contributed by atoms with van der Waals surface area (Å²) in [6.07, 6.45) is 12.3. The van der Waals surface area contributed by atoms with Crippen molar-refractivity contribution in [3.05, 3.63) is 54.7 Å². The zero-order valence-electron chi connectivity index (χ0n) is 30.0. The molecule has 6 nitrogen and oxygen atoms in total. The molecular weight excluding hydrogens is 729 g/mol. The van der Waals surface area contributed by atoms with Crippen LogP contribution in [0.3, 0.4) is 0 Å². The molecule has 0 aliphatic carbocycles. The molecule has 0 aliphatic rings. The molecule has 1 aromatic carbocycles. The molecule has 8 rings (SSSR count). The lowest BCUT2D eigenvalue weighted by molar-refractivity contribution is 0.499. The van der Waals surface area contributed by atoms with E-state index >= 15 is 0 Å². The first kappa shape index (κ1) is 35.6. The average molecular weight is 775 g/mol. The third kappa shape index (κ3) is 6.36. The summed E-state index contributed by atoms with van der Waals surface area (Å²) >= 11 is 8.87. The summed E-state index contributed by atoms with van der Waals surface area (Å²) in [7, 11) is 0. The Labute approximate surface area is 318 Å². The van der Waals surface area contributed by atoms with Gasteiger partial charge in [-0.2, -0.15) is 23.5 Å². The Morgan fingerprint density at radius 1 is 0.667 bits per heavy atom. The van der Waals surface area contributed by atoms with Crippen LogP contribution in [0.25, 0.3) is 62.9 Å². The van der Waals surface area contributed by atoms with E-state index in [0.29, 0.717) is 20.7 Å². The van der Waals surface area contributed by atoms with E-state index in [4.69, 9.17) is 9.97 Å². The molecule has 0 bridgehead atoms. The Morgan fingerprint density at radius 2 is 1.12 bits per heavy atom. The van der Waals surface area contributed by atoms with Gasteiger partial charge in [0.05, 0.1) is 11.0 Å². The quantitative estimate of drug-likeness (QED) is 0.0639. The molecule has 7 aromatic heterocycles. The number of hydrogen-bond donors (Lipinski definition) is 0. The summed E-state index contributed by atoms with van der Waals surface area (Å²) in [5, 5.41) is 3.58. The van der Waals surface area contributed by atoms with Gasteiger partial charge in [0.25, 0.3) is 11.1 Å². The predicted molar refractivity (Wildman–Crippen MR) is 229 cm³/mol. The number of unbranched alkanes of at least 4 members (excludes halogenated alkanes) is 2. The molecule has 0 saturated carbocycles. The molecule has 7 heterocycles. The van der Waals surface area contributed by atoms with Crippen molar-refractivity contribution in [1.29, 1.82) is 0 Å². The van der Waals surface area contributed by atoms with Gasteiger partial charge in [-0.05, 0) is 84.8 Å². The van der Waals surface area contributed by atoms with E-state index in [9.17, 15) is 9.59 Å². The summed E-state index contributed by atoms with van der Waals surface area (Å²) in [4.78, 5) is 43.0. The number of nitrogens with zero attached hydrogens (tertiary/aromatic N) is 4. The van der Waals surface area contributed by atoms with E-state index in [1.165, 1.54) is 84.0 Å². The van der Waals surface area contributed by atoms with Crippen molar-refractivity contribution in [2.45, 2.75) is 91.9 Å². The van der Waals surface area contributed by atoms with Crippen molar-refractivity contribution in [3.8, 4) is 0 Å². The molecular formula is C40H46N4O2S5. The Bertz CT molecular complexity index is 2400. The van der Waals surface area contributed by atoms with Crippen LogP contribution in [0.15, 0.2) is 33.9 Å². The number of pyridine rings is 2. The van der Waals surface area contributed by atoms with E-state index in [0.717, 1.165) is 78.4 Å². The van der Waals surface area contributed by atoms with E-state index in [1.807, 2.05) is 0 Å². The zero-order valence-corrected chi connectivity index (χ0v) is 34.1. The van der Waals surface area contributed by atoms with Crippen LogP contribution >= 0.6 is 57.5 Å². The molecule has 0 fully saturated rings. The second-order valence-corrected chi connectivity index (χ2v) is 19.7. The first-order chi connectivity index (χ1) is 24.9. The molecule has 11 heteroatoms. The van der Waals surface area contributed by atoms with E-state index < -0.39 is 0 Å². The van der Waals surface area contributed by atoms with Gasteiger partial charge in [0, 0.05) is 31.3 Å². The molecule has 0 radical (unpaired) electrons. The molecule has 51 heavy (non-hydrogen) atoms. The number of thioether (sulfide) groups is 2. The van der Waals surface area contributed by atoms with Gasteiger partial charge in [-0.25, -0.2) is 9.97 Å². The minimum absolute atomic E-state index is 0.0772. The molecule has 0 aliphatic heterocycles. The van der Waals surface area contributed by atoms with Gasteiger partial charge in [0.15, 0.2) is 0 Å². The zero-order chi connectivity index (χ0) is 35.2. The third-order valence-electron chi connectivity index (χ3n) is 10.7. The molecule has 2 atom stereocenters. The van der Waals surface area contributed by atoms with Gasteiger partial charge in [-0.1, -0.05) is 66.2 Å². The number of thiophene rings is 3. The van der Waals surface area contributed by atoms with E-state index in [1.54, 1.807) is 31.5 Å². The lowest BCUT2D eigenvalue weighted by Gasteiger charge is -2.13. The third-order valence-corrected chi connectivity index (χ3v) is 16.5. The number of hydrogen-bond acceptors (Lipinski definition) is 9. The first-order valence-corrected chi connectivity index (χ1v) is 23.6. The lowest BCUT2D eigenvalue weighted by atomic mass is 10.0. The predicted octanol–water partition coefficient (Wildman–Crippen LogP) is 11.5. The highest BCUT2D eigenvalue weighted by Crippen LogP contribution is 2.42. The minimum Gasteiger partial charge on any atom is -0.267 e. The molecule has 268 valence electrons. The fourth-order valence-electron chi connectivity index (χ4n) is 7.66. The number of aryl methyl sites for hydroxylation is 2. The molecule has 2 unspecified atom stereocenters. The molecule has 0 amide bonds. The fraction of sp³-hybridized carbons (Fsp3) is 0.500. The normalized spacial score (nSPS) is 14.0. The monoisotopic (exact) mass is 774 g/mol. The van der Waals surface area contributed by atoms with Gasteiger partial charge in [0.1, 0.15) is 30.4 Å². The molecule has 8 aromatic rings. The SMILES string of the molecule is CCCCC(CC)CSCCc1cc2c(nc3c4ccc5c6c(sc(c(=O)n23)c46)c(=O)n2c3cc(CCSCC(CC)CCCC)sc3nc52)s1. The van der Waals surface area contributed by atoms with Crippen molar-refractivity contribution < 1.29 is 0 Å². The molecule has 0 saturated heterocycles. The van der Waals surface area contributed by atoms with Gasteiger partial charge >= 0.3 is 0 Å². The van der Waals surface area contributed by atoms with Gasteiger partial charge in [-0.15, -0.1) is 34.0 Å². The van der Waals surface area contributed by atoms with Crippen molar-refractivity contribution in [1.82, 2.24) is 18.8 Å². The second kappa shape index (κ2) is 15.1. The molecule has 0 spiro atoms.